The van der Waals surface area contributed by atoms with E-state index < -0.39 is 0 Å². The molecule has 1 aromatic heterocycles. The van der Waals surface area contributed by atoms with Crippen LogP contribution >= 0.6 is 0 Å². The van der Waals surface area contributed by atoms with Crippen molar-refractivity contribution in [1.29, 1.82) is 0 Å². The van der Waals surface area contributed by atoms with Crippen molar-refractivity contribution in [3.63, 3.8) is 0 Å². The summed E-state index contributed by atoms with van der Waals surface area (Å²) in [6.07, 6.45) is 1.62. The van der Waals surface area contributed by atoms with E-state index >= 15 is 0 Å². The van der Waals surface area contributed by atoms with E-state index in [1.165, 1.54) is 12.1 Å². The number of nitrogens with zero attached hydrogens (tertiary/aromatic N) is 3. The minimum absolute atomic E-state index is 0.119. The number of nitrogens with one attached hydrogen (secondary N) is 1. The predicted molar refractivity (Wildman–Crippen MR) is 111 cm³/mol. The number of halogens is 1. The van der Waals surface area contributed by atoms with E-state index in [0.29, 0.717) is 30.5 Å². The van der Waals surface area contributed by atoms with Crippen LogP contribution in [0.1, 0.15) is 19.8 Å². The molecule has 0 aliphatic carbocycles. The summed E-state index contributed by atoms with van der Waals surface area (Å²) in [6.45, 7) is 3.68. The number of anilines is 2. The lowest BCUT2D eigenvalue weighted by atomic mass is 9.97. The van der Waals surface area contributed by atoms with Crippen LogP contribution in [-0.2, 0) is 4.79 Å². The Morgan fingerprint density at radius 1 is 1.21 bits per heavy atom. The quantitative estimate of drug-likeness (QED) is 0.708. The summed E-state index contributed by atoms with van der Waals surface area (Å²) in [6, 6.07) is 13.6. The zero-order valence-corrected chi connectivity index (χ0v) is 16.3. The van der Waals surface area contributed by atoms with Crippen LogP contribution in [-0.4, -0.2) is 35.6 Å². The number of ether oxygens (including phenoxy) is 1. The molecule has 29 heavy (non-hydrogen) atoms. The van der Waals surface area contributed by atoms with Crippen LogP contribution in [0.5, 0.6) is 5.88 Å². The molecule has 1 fully saturated rings. The van der Waals surface area contributed by atoms with E-state index in [-0.39, 0.29) is 17.6 Å². The molecule has 1 aliphatic rings. The molecule has 1 N–H and O–H groups in total. The number of hydrogen-bond acceptors (Lipinski definition) is 5. The largest absolute Gasteiger partial charge is 0.475 e. The van der Waals surface area contributed by atoms with E-state index in [0.717, 1.165) is 30.4 Å². The maximum Gasteiger partial charge on any atom is 0.258 e. The Morgan fingerprint density at radius 2 is 2.00 bits per heavy atom. The molecule has 7 heteroatoms. The third kappa shape index (κ3) is 4.29. The summed E-state index contributed by atoms with van der Waals surface area (Å²) in [5.74, 6) is 0.425. The third-order valence-electron chi connectivity index (χ3n) is 4.99. The number of carbonyl (C=O) groups excluding carboxylic acids is 1. The monoisotopic (exact) mass is 394 g/mol. The molecule has 1 amide bonds. The molecule has 6 nitrogen and oxygen atoms in total. The van der Waals surface area contributed by atoms with Gasteiger partial charge in [-0.3, -0.25) is 4.79 Å². The first-order valence-corrected chi connectivity index (χ1v) is 9.85. The fraction of sp³-hybridized carbons (Fsp3) is 0.318. The third-order valence-corrected chi connectivity index (χ3v) is 4.99. The Hall–Kier alpha value is -3.22. The van der Waals surface area contributed by atoms with Gasteiger partial charge >= 0.3 is 0 Å². The van der Waals surface area contributed by atoms with Gasteiger partial charge in [-0.1, -0.05) is 18.2 Å². The molecule has 1 aliphatic heterocycles. The summed E-state index contributed by atoms with van der Waals surface area (Å²) in [5, 5.41) is 2.82. The number of hydrogen-bond donors (Lipinski definition) is 1. The molecule has 2 heterocycles. The Labute approximate surface area is 168 Å². The van der Waals surface area contributed by atoms with Crippen LogP contribution in [0.3, 0.4) is 0 Å². The fourth-order valence-electron chi connectivity index (χ4n) is 3.61. The zero-order chi connectivity index (χ0) is 20.2. The molecule has 150 valence electrons. The molecule has 1 saturated heterocycles. The van der Waals surface area contributed by atoms with Crippen molar-refractivity contribution in [3.05, 3.63) is 54.3 Å². The molecule has 0 unspecified atom stereocenters. The number of benzene rings is 2. The number of carbonyl (C=O) groups is 1. The van der Waals surface area contributed by atoms with E-state index in [4.69, 9.17) is 9.72 Å². The van der Waals surface area contributed by atoms with Crippen LogP contribution in [0.2, 0.25) is 0 Å². The average Bonchev–Trinajstić information content (AvgIpc) is 2.73. The second kappa shape index (κ2) is 8.43. The second-order valence-corrected chi connectivity index (χ2v) is 7.06. The van der Waals surface area contributed by atoms with E-state index in [1.54, 1.807) is 12.1 Å². The fourth-order valence-corrected chi connectivity index (χ4v) is 3.61. The normalized spacial score (nSPS) is 16.6. The summed E-state index contributed by atoms with van der Waals surface area (Å²) in [5.41, 5.74) is 2.03. The first-order chi connectivity index (χ1) is 14.1. The Bertz CT molecular complexity index is 1030. The molecule has 0 radical (unpaired) electrons. The maximum atomic E-state index is 13.4. The standard InChI is InChI=1S/C22H23FN4O2/c1-2-29-22-20(25-18-10-3-4-11-19(18)26-22)27-12-6-7-15(14-27)21(28)24-17-9-5-8-16(23)13-17/h3-5,8-11,13,15H,2,6-7,12,14H2,1H3,(H,24,28)/t15-/m1/s1. The van der Waals surface area contributed by atoms with Gasteiger partial charge in [0.2, 0.25) is 5.91 Å². The van der Waals surface area contributed by atoms with Crippen LogP contribution in [0, 0.1) is 11.7 Å². The van der Waals surface area contributed by atoms with Gasteiger partial charge < -0.3 is 15.0 Å². The van der Waals surface area contributed by atoms with Crippen molar-refractivity contribution >= 4 is 28.4 Å². The number of para-hydroxylation sites is 2. The highest BCUT2D eigenvalue weighted by atomic mass is 19.1. The van der Waals surface area contributed by atoms with Gasteiger partial charge in [0.25, 0.3) is 5.88 Å². The minimum atomic E-state index is -0.374. The van der Waals surface area contributed by atoms with Gasteiger partial charge in [-0.05, 0) is 50.1 Å². The first kappa shape index (κ1) is 19.1. The molecule has 0 spiro atoms. The lowest BCUT2D eigenvalue weighted by Crippen LogP contribution is -2.41. The molecular weight excluding hydrogens is 371 g/mol. The molecule has 3 aromatic rings. The molecule has 2 aromatic carbocycles. The highest BCUT2D eigenvalue weighted by Crippen LogP contribution is 2.31. The SMILES string of the molecule is CCOc1nc2ccccc2nc1N1CCC[C@@H](C(=O)Nc2cccc(F)c2)C1. The van der Waals surface area contributed by atoms with Crippen molar-refractivity contribution in [3.8, 4) is 5.88 Å². The summed E-state index contributed by atoms with van der Waals surface area (Å²) in [7, 11) is 0. The van der Waals surface area contributed by atoms with E-state index in [1.807, 2.05) is 31.2 Å². The van der Waals surface area contributed by atoms with E-state index in [9.17, 15) is 9.18 Å². The van der Waals surface area contributed by atoms with E-state index in [2.05, 4.69) is 15.2 Å². The number of rotatable bonds is 5. The predicted octanol–water partition coefficient (Wildman–Crippen LogP) is 4.02. The van der Waals surface area contributed by atoms with Crippen molar-refractivity contribution < 1.29 is 13.9 Å². The average molecular weight is 394 g/mol. The first-order valence-electron chi connectivity index (χ1n) is 9.85. The maximum absolute atomic E-state index is 13.4. The number of piperidine rings is 1. The van der Waals surface area contributed by atoms with Crippen LogP contribution < -0.4 is 15.0 Å². The molecular formula is C22H23FN4O2. The second-order valence-electron chi connectivity index (χ2n) is 7.06. The summed E-state index contributed by atoms with van der Waals surface area (Å²) in [4.78, 5) is 24.2. The smallest absolute Gasteiger partial charge is 0.258 e. The Morgan fingerprint density at radius 3 is 2.76 bits per heavy atom. The Kier molecular flexibility index (Phi) is 5.55. The Balaban J connectivity index is 1.56. The summed E-state index contributed by atoms with van der Waals surface area (Å²) < 4.78 is 19.1. The van der Waals surface area contributed by atoms with Crippen molar-refractivity contribution in [2.24, 2.45) is 5.92 Å². The molecule has 0 bridgehead atoms. The van der Waals surface area contributed by atoms with Crippen molar-refractivity contribution in [1.82, 2.24) is 9.97 Å². The zero-order valence-electron chi connectivity index (χ0n) is 16.3. The number of aromatic nitrogens is 2. The van der Waals surface area contributed by atoms with Crippen molar-refractivity contribution in [2.45, 2.75) is 19.8 Å². The van der Waals surface area contributed by atoms with Crippen LogP contribution in [0.25, 0.3) is 11.0 Å². The van der Waals surface area contributed by atoms with Gasteiger partial charge in [0, 0.05) is 18.8 Å². The minimum Gasteiger partial charge on any atom is -0.475 e. The highest BCUT2D eigenvalue weighted by molar-refractivity contribution is 5.93. The summed E-state index contributed by atoms with van der Waals surface area (Å²) >= 11 is 0. The topological polar surface area (TPSA) is 67.4 Å². The van der Waals surface area contributed by atoms with Crippen LogP contribution in [0.4, 0.5) is 15.9 Å². The lowest BCUT2D eigenvalue weighted by molar-refractivity contribution is -0.120. The highest BCUT2D eigenvalue weighted by Gasteiger charge is 2.29. The van der Waals surface area contributed by atoms with Gasteiger partial charge in [0.15, 0.2) is 5.82 Å². The molecule has 4 rings (SSSR count). The van der Waals surface area contributed by atoms with Gasteiger partial charge in [-0.25, -0.2) is 14.4 Å². The molecule has 1 atom stereocenters. The molecule has 0 saturated carbocycles. The van der Waals surface area contributed by atoms with Gasteiger partial charge in [0.05, 0.1) is 23.6 Å². The van der Waals surface area contributed by atoms with Crippen molar-refractivity contribution in [2.75, 3.05) is 29.9 Å². The number of amides is 1. The van der Waals surface area contributed by atoms with Gasteiger partial charge in [-0.2, -0.15) is 0 Å². The number of fused-ring (bicyclic) bond motifs is 1. The van der Waals surface area contributed by atoms with Gasteiger partial charge in [-0.15, -0.1) is 0 Å². The van der Waals surface area contributed by atoms with Gasteiger partial charge in [0.1, 0.15) is 5.82 Å². The van der Waals surface area contributed by atoms with Crippen LogP contribution in [0.15, 0.2) is 48.5 Å². The lowest BCUT2D eigenvalue weighted by Gasteiger charge is -2.33.